The Morgan fingerprint density at radius 2 is 1.31 bits per heavy atom. The van der Waals surface area contributed by atoms with E-state index in [0.29, 0.717) is 11.4 Å². The molecule has 0 saturated carbocycles. The van der Waals surface area contributed by atoms with Gasteiger partial charge in [0, 0.05) is 17.9 Å². The zero-order valence-corrected chi connectivity index (χ0v) is 21.0. The van der Waals surface area contributed by atoms with Gasteiger partial charge in [-0.2, -0.15) is 0 Å². The smallest absolute Gasteiger partial charge is 0.240 e. The Morgan fingerprint density at radius 1 is 0.806 bits per heavy atom. The predicted octanol–water partition coefficient (Wildman–Crippen LogP) is 6.61. The SMILES string of the molecule is C=C1CN([S@@](=O)c2ccc(C)cc2)[C@@H](c2ccccc2)[C@H]1C(=O)N(c1ccccc1)c1ccccc1. The average Bonchev–Trinajstić information content (AvgIpc) is 3.27. The van der Waals surface area contributed by atoms with E-state index in [1.165, 1.54) is 0 Å². The van der Waals surface area contributed by atoms with Gasteiger partial charge in [-0.05, 0) is 54.5 Å². The molecule has 36 heavy (non-hydrogen) atoms. The minimum atomic E-state index is -1.46. The van der Waals surface area contributed by atoms with Gasteiger partial charge in [-0.1, -0.05) is 91.0 Å². The summed E-state index contributed by atoms with van der Waals surface area (Å²) in [6.45, 7) is 6.70. The van der Waals surface area contributed by atoms with Crippen LogP contribution in [0.1, 0.15) is 17.2 Å². The molecule has 3 atom stereocenters. The molecule has 1 amide bonds. The lowest BCUT2D eigenvalue weighted by molar-refractivity contribution is -0.121. The van der Waals surface area contributed by atoms with Crippen LogP contribution in [0.3, 0.4) is 0 Å². The van der Waals surface area contributed by atoms with E-state index in [-0.39, 0.29) is 5.91 Å². The maximum Gasteiger partial charge on any atom is 0.240 e. The van der Waals surface area contributed by atoms with E-state index in [9.17, 15) is 9.00 Å². The number of aryl methyl sites for hydroxylation is 1. The first kappa shape index (κ1) is 23.9. The number of hydrogen-bond acceptors (Lipinski definition) is 2. The van der Waals surface area contributed by atoms with Gasteiger partial charge in [0.25, 0.3) is 0 Å². The van der Waals surface area contributed by atoms with Crippen molar-refractivity contribution in [3.8, 4) is 0 Å². The topological polar surface area (TPSA) is 40.6 Å². The lowest BCUT2D eigenvalue weighted by atomic mass is 9.90. The summed E-state index contributed by atoms with van der Waals surface area (Å²) in [5, 5.41) is 0. The average molecular weight is 493 g/mol. The monoisotopic (exact) mass is 492 g/mol. The summed E-state index contributed by atoms with van der Waals surface area (Å²) in [6, 6.07) is 36.5. The first-order valence-electron chi connectivity index (χ1n) is 12.0. The number of para-hydroxylation sites is 2. The van der Waals surface area contributed by atoms with E-state index in [4.69, 9.17) is 0 Å². The summed E-state index contributed by atoms with van der Waals surface area (Å²) in [4.78, 5) is 16.9. The van der Waals surface area contributed by atoms with Crippen LogP contribution in [0.5, 0.6) is 0 Å². The van der Waals surface area contributed by atoms with E-state index in [0.717, 1.165) is 28.1 Å². The van der Waals surface area contributed by atoms with Gasteiger partial charge in [-0.15, -0.1) is 0 Å². The Labute approximate surface area is 215 Å². The van der Waals surface area contributed by atoms with Crippen molar-refractivity contribution in [2.75, 3.05) is 11.4 Å². The molecule has 0 radical (unpaired) electrons. The predicted molar refractivity (Wildman–Crippen MR) is 146 cm³/mol. The van der Waals surface area contributed by atoms with E-state index in [2.05, 4.69) is 6.58 Å². The quantitative estimate of drug-likeness (QED) is 0.284. The van der Waals surface area contributed by atoms with E-state index >= 15 is 0 Å². The molecular weight excluding hydrogens is 464 g/mol. The lowest BCUT2D eigenvalue weighted by Crippen LogP contribution is -2.37. The van der Waals surface area contributed by atoms with Gasteiger partial charge in [0.2, 0.25) is 5.91 Å². The molecule has 1 aliphatic heterocycles. The fraction of sp³-hybridized carbons (Fsp3) is 0.129. The third-order valence-corrected chi connectivity index (χ3v) is 7.97. The molecule has 1 aliphatic rings. The molecule has 5 heteroatoms. The second kappa shape index (κ2) is 10.4. The molecule has 5 rings (SSSR count). The zero-order valence-electron chi connectivity index (χ0n) is 20.2. The second-order valence-electron chi connectivity index (χ2n) is 8.97. The number of carbonyl (C=O) groups is 1. The Balaban J connectivity index is 1.59. The maximum atomic E-state index is 14.4. The Kier molecular flexibility index (Phi) is 6.94. The summed E-state index contributed by atoms with van der Waals surface area (Å²) in [7, 11) is -1.46. The van der Waals surface area contributed by atoms with Crippen molar-refractivity contribution >= 4 is 28.3 Å². The summed E-state index contributed by atoms with van der Waals surface area (Å²) >= 11 is 0. The van der Waals surface area contributed by atoms with Gasteiger partial charge in [-0.25, -0.2) is 8.51 Å². The molecule has 0 unspecified atom stereocenters. The highest BCUT2D eigenvalue weighted by atomic mass is 32.2. The van der Waals surface area contributed by atoms with Gasteiger partial charge in [0.15, 0.2) is 0 Å². The number of rotatable bonds is 6. The van der Waals surface area contributed by atoms with Crippen LogP contribution in [0.25, 0.3) is 0 Å². The summed E-state index contributed by atoms with van der Waals surface area (Å²) in [6.07, 6.45) is 0. The van der Waals surface area contributed by atoms with E-state index in [1.807, 2.05) is 126 Å². The molecule has 1 heterocycles. The lowest BCUT2D eigenvalue weighted by Gasteiger charge is -2.31. The highest BCUT2D eigenvalue weighted by Gasteiger charge is 2.46. The van der Waals surface area contributed by atoms with E-state index < -0.39 is 22.9 Å². The summed E-state index contributed by atoms with van der Waals surface area (Å²) in [5.41, 5.74) is 4.37. The summed E-state index contributed by atoms with van der Waals surface area (Å²) < 4.78 is 15.7. The highest BCUT2D eigenvalue weighted by Crippen LogP contribution is 2.44. The normalized spacial score (nSPS) is 18.6. The van der Waals surface area contributed by atoms with Crippen LogP contribution >= 0.6 is 0 Å². The molecule has 4 nitrogen and oxygen atoms in total. The van der Waals surface area contributed by atoms with Crippen molar-refractivity contribution < 1.29 is 9.00 Å². The van der Waals surface area contributed by atoms with Crippen molar-refractivity contribution in [3.05, 3.63) is 139 Å². The number of nitrogens with zero attached hydrogens (tertiary/aromatic N) is 2. The van der Waals surface area contributed by atoms with Gasteiger partial charge in [0.1, 0.15) is 11.0 Å². The molecule has 1 fully saturated rings. The molecule has 0 bridgehead atoms. The number of carbonyl (C=O) groups excluding carboxylic acids is 1. The van der Waals surface area contributed by atoms with Crippen LogP contribution in [0.4, 0.5) is 11.4 Å². The van der Waals surface area contributed by atoms with Crippen molar-refractivity contribution in [2.24, 2.45) is 5.92 Å². The maximum absolute atomic E-state index is 14.4. The van der Waals surface area contributed by atoms with Gasteiger partial charge >= 0.3 is 0 Å². The highest BCUT2D eigenvalue weighted by molar-refractivity contribution is 7.82. The van der Waals surface area contributed by atoms with Crippen LogP contribution in [-0.2, 0) is 15.8 Å². The molecular formula is C31H28N2O2S. The van der Waals surface area contributed by atoms with Gasteiger partial charge in [-0.3, -0.25) is 9.69 Å². The molecule has 0 spiro atoms. The molecule has 4 aromatic rings. The molecule has 0 aromatic heterocycles. The standard InChI is InChI=1S/C31H28N2O2S/c1-23-18-20-28(21-19-23)36(35)32-22-24(2)29(30(32)25-12-6-3-7-13-25)31(34)33(26-14-8-4-9-15-26)27-16-10-5-11-17-27/h3-21,29-30H,2,22H2,1H3/t29-,30-,36-/m0/s1. The number of benzene rings is 4. The van der Waals surface area contributed by atoms with E-state index in [1.54, 1.807) is 4.90 Å². The number of amides is 1. The molecule has 0 N–H and O–H groups in total. The van der Waals surface area contributed by atoms with Crippen molar-refractivity contribution in [3.63, 3.8) is 0 Å². The molecule has 180 valence electrons. The fourth-order valence-corrected chi connectivity index (χ4v) is 6.13. The van der Waals surface area contributed by atoms with Gasteiger partial charge in [0.05, 0.1) is 16.9 Å². The molecule has 0 aliphatic carbocycles. The third kappa shape index (κ3) is 4.68. The van der Waals surface area contributed by atoms with Gasteiger partial charge < -0.3 is 0 Å². The van der Waals surface area contributed by atoms with Crippen LogP contribution in [-0.4, -0.2) is 21.0 Å². The van der Waals surface area contributed by atoms with Crippen LogP contribution in [0.15, 0.2) is 132 Å². The fourth-order valence-electron chi connectivity index (χ4n) is 4.75. The minimum Gasteiger partial charge on any atom is -0.280 e. The van der Waals surface area contributed by atoms with Crippen molar-refractivity contribution in [2.45, 2.75) is 17.9 Å². The first-order valence-corrected chi connectivity index (χ1v) is 13.1. The van der Waals surface area contributed by atoms with Crippen LogP contribution in [0, 0.1) is 12.8 Å². The first-order chi connectivity index (χ1) is 17.5. The second-order valence-corrected chi connectivity index (χ2v) is 10.4. The molecule has 4 aromatic carbocycles. The minimum absolute atomic E-state index is 0.0883. The summed E-state index contributed by atoms with van der Waals surface area (Å²) in [5.74, 6) is -0.656. The number of hydrogen-bond donors (Lipinski definition) is 0. The van der Waals surface area contributed by atoms with Crippen molar-refractivity contribution in [1.82, 2.24) is 4.31 Å². The molecule has 1 saturated heterocycles. The Morgan fingerprint density at radius 3 is 1.83 bits per heavy atom. The Hall–Kier alpha value is -3.80. The van der Waals surface area contributed by atoms with Crippen LogP contribution < -0.4 is 4.90 Å². The van der Waals surface area contributed by atoms with Crippen molar-refractivity contribution in [1.29, 1.82) is 0 Å². The largest absolute Gasteiger partial charge is 0.280 e. The number of anilines is 2. The van der Waals surface area contributed by atoms with Crippen LogP contribution in [0.2, 0.25) is 0 Å². The zero-order chi connectivity index (χ0) is 25.1. The third-order valence-electron chi connectivity index (χ3n) is 6.52. The Bertz CT molecular complexity index is 1330.